The second-order valence-electron chi connectivity index (χ2n) is 12.0. The summed E-state index contributed by atoms with van der Waals surface area (Å²) in [6, 6.07) is 13.4. The average Bonchev–Trinajstić information content (AvgIpc) is 3.28. The normalized spacial score (nSPS) is 22.0. The molecule has 10 heteroatoms. The summed E-state index contributed by atoms with van der Waals surface area (Å²) < 4.78 is 33.5. The maximum Gasteiger partial charge on any atom is 0.328 e. The van der Waals surface area contributed by atoms with Crippen LogP contribution in [0.15, 0.2) is 48.5 Å². The first-order valence-corrected chi connectivity index (χ1v) is 14.8. The molecule has 0 spiro atoms. The number of benzene rings is 2. The van der Waals surface area contributed by atoms with Crippen LogP contribution in [-0.2, 0) is 4.79 Å². The molecular formula is C32H37F2N5O3. The zero-order chi connectivity index (χ0) is 29.6. The van der Waals surface area contributed by atoms with Crippen LogP contribution in [0, 0.1) is 19.8 Å². The molecule has 0 saturated carbocycles. The van der Waals surface area contributed by atoms with Gasteiger partial charge < -0.3 is 9.47 Å². The molecule has 42 heavy (non-hydrogen) atoms. The fourth-order valence-corrected chi connectivity index (χ4v) is 6.93. The Bertz CT molecular complexity index is 1530. The number of carbonyl (C=O) groups is 3. The van der Waals surface area contributed by atoms with Crippen LogP contribution in [0.1, 0.15) is 53.3 Å². The van der Waals surface area contributed by atoms with E-state index in [-0.39, 0.29) is 37.2 Å². The van der Waals surface area contributed by atoms with Crippen molar-refractivity contribution in [3.05, 3.63) is 65.4 Å². The summed E-state index contributed by atoms with van der Waals surface area (Å²) in [4.78, 5) is 42.4. The van der Waals surface area contributed by atoms with Gasteiger partial charge in [-0.1, -0.05) is 23.8 Å². The Hall–Kier alpha value is -3.79. The Labute approximate surface area is 244 Å². The van der Waals surface area contributed by atoms with Crippen molar-refractivity contribution < 1.29 is 23.2 Å². The molecule has 3 aromatic rings. The Kier molecular flexibility index (Phi) is 7.51. The third-order valence-corrected chi connectivity index (χ3v) is 9.03. The highest BCUT2D eigenvalue weighted by Gasteiger charge is 2.47. The summed E-state index contributed by atoms with van der Waals surface area (Å²) in [6.07, 6.45) is 2.12. The zero-order valence-electron chi connectivity index (χ0n) is 24.1. The van der Waals surface area contributed by atoms with Gasteiger partial charge in [-0.3, -0.25) is 24.7 Å². The molecule has 1 N–H and O–H groups in total. The van der Waals surface area contributed by atoms with Gasteiger partial charge in [0.2, 0.25) is 5.91 Å². The maximum atomic E-state index is 15.9. The van der Waals surface area contributed by atoms with Gasteiger partial charge in [0.25, 0.3) is 11.8 Å². The number of rotatable bonds is 5. The molecule has 2 aromatic carbocycles. The number of piperidine rings is 2. The molecule has 6 rings (SSSR count). The van der Waals surface area contributed by atoms with Gasteiger partial charge in [0.15, 0.2) is 0 Å². The van der Waals surface area contributed by atoms with Crippen LogP contribution >= 0.6 is 0 Å². The van der Waals surface area contributed by atoms with Gasteiger partial charge >= 0.3 is 6.03 Å². The number of hydrogen-bond acceptors (Lipinski definition) is 4. The second kappa shape index (κ2) is 11.1. The van der Waals surface area contributed by atoms with Gasteiger partial charge in [-0.05, 0) is 69.4 Å². The third kappa shape index (κ3) is 5.40. The number of fused-ring (bicyclic) bond motifs is 1. The predicted molar refractivity (Wildman–Crippen MR) is 157 cm³/mol. The molecule has 1 aromatic heterocycles. The van der Waals surface area contributed by atoms with Gasteiger partial charge in [-0.15, -0.1) is 0 Å². The molecule has 3 saturated heterocycles. The average molecular weight is 578 g/mol. The number of aryl methyl sites for hydroxylation is 2. The number of alkyl halides is 2. The Morgan fingerprint density at radius 3 is 2.45 bits per heavy atom. The van der Waals surface area contributed by atoms with E-state index in [2.05, 4.69) is 5.32 Å². The molecule has 3 aliphatic rings. The molecule has 1 unspecified atom stereocenters. The van der Waals surface area contributed by atoms with Crippen molar-refractivity contribution in [1.82, 2.24) is 19.7 Å². The van der Waals surface area contributed by atoms with Crippen LogP contribution in [0.5, 0.6) is 0 Å². The first-order chi connectivity index (χ1) is 20.1. The quantitative estimate of drug-likeness (QED) is 0.456. The minimum Gasteiger partial charge on any atom is -0.339 e. The Balaban J connectivity index is 1.12. The number of likely N-dealkylation sites (tertiary alicyclic amines) is 2. The lowest BCUT2D eigenvalue weighted by atomic mass is 9.93. The predicted octanol–water partition coefficient (Wildman–Crippen LogP) is 5.14. The van der Waals surface area contributed by atoms with Crippen molar-refractivity contribution >= 4 is 34.4 Å². The topological polar surface area (TPSA) is 77.9 Å². The van der Waals surface area contributed by atoms with Gasteiger partial charge in [-0.25, -0.2) is 13.6 Å². The fraction of sp³-hybridized carbons (Fsp3) is 0.469. The standard InChI is InChI=1S/C32H37F2N5O3/c1-21-5-3-6-24(17-21)30(41)37-14-9-23(10-15-37)19-36-13-11-28(32(33,34)20-36)39-22(2)18-25-26(7-4-8-27(25)39)38-16-12-29(40)35-31(38)42/h3-8,17-18,23,28H,9-16,19-20H2,1-2H3,(H,35,40,42). The summed E-state index contributed by atoms with van der Waals surface area (Å²) in [5.41, 5.74) is 3.75. The number of hydrogen-bond donors (Lipinski definition) is 1. The van der Waals surface area contributed by atoms with E-state index in [0.29, 0.717) is 49.4 Å². The molecule has 3 fully saturated rings. The maximum absolute atomic E-state index is 15.9. The first-order valence-electron chi connectivity index (χ1n) is 14.8. The number of carbonyl (C=O) groups excluding carboxylic acids is 3. The van der Waals surface area contributed by atoms with Gasteiger partial charge in [0, 0.05) is 55.8 Å². The minimum absolute atomic E-state index is 0.0383. The summed E-state index contributed by atoms with van der Waals surface area (Å²) in [5, 5.41) is 3.07. The van der Waals surface area contributed by atoms with Gasteiger partial charge in [-0.2, -0.15) is 0 Å². The fourth-order valence-electron chi connectivity index (χ4n) is 6.93. The first kappa shape index (κ1) is 28.3. The molecule has 4 amide bonds. The van der Waals surface area contributed by atoms with E-state index in [0.717, 1.165) is 29.5 Å². The van der Waals surface area contributed by atoms with E-state index in [1.807, 2.05) is 60.0 Å². The third-order valence-electron chi connectivity index (χ3n) is 9.03. The number of halogens is 2. The number of nitrogens with one attached hydrogen (secondary N) is 1. The number of urea groups is 1. The highest BCUT2D eigenvalue weighted by atomic mass is 19.3. The number of nitrogens with zero attached hydrogens (tertiary/aromatic N) is 4. The number of anilines is 1. The summed E-state index contributed by atoms with van der Waals surface area (Å²) in [6.45, 7) is 6.20. The van der Waals surface area contributed by atoms with Crippen molar-refractivity contribution in [1.29, 1.82) is 0 Å². The lowest BCUT2D eigenvalue weighted by Gasteiger charge is -2.42. The van der Waals surface area contributed by atoms with Crippen LogP contribution in [0.3, 0.4) is 0 Å². The zero-order valence-corrected chi connectivity index (χ0v) is 24.1. The molecule has 8 nitrogen and oxygen atoms in total. The largest absolute Gasteiger partial charge is 0.339 e. The van der Waals surface area contributed by atoms with Crippen molar-refractivity contribution in [2.24, 2.45) is 5.92 Å². The summed E-state index contributed by atoms with van der Waals surface area (Å²) in [7, 11) is 0. The number of aromatic nitrogens is 1. The second-order valence-corrected chi connectivity index (χ2v) is 12.0. The lowest BCUT2D eigenvalue weighted by Crippen LogP contribution is -2.51. The molecular weight excluding hydrogens is 540 g/mol. The van der Waals surface area contributed by atoms with E-state index < -0.39 is 18.0 Å². The summed E-state index contributed by atoms with van der Waals surface area (Å²) in [5.74, 6) is -2.94. The Morgan fingerprint density at radius 2 is 1.74 bits per heavy atom. The number of amides is 4. The van der Waals surface area contributed by atoms with Crippen LogP contribution < -0.4 is 10.2 Å². The molecule has 1 atom stereocenters. The van der Waals surface area contributed by atoms with E-state index in [4.69, 9.17) is 0 Å². The van der Waals surface area contributed by atoms with Gasteiger partial charge in [0.05, 0.1) is 17.7 Å². The van der Waals surface area contributed by atoms with Crippen LogP contribution in [0.4, 0.5) is 19.3 Å². The van der Waals surface area contributed by atoms with Crippen LogP contribution in [0.2, 0.25) is 0 Å². The van der Waals surface area contributed by atoms with Crippen LogP contribution in [-0.4, -0.2) is 77.4 Å². The van der Waals surface area contributed by atoms with Crippen LogP contribution in [0.25, 0.3) is 10.9 Å². The lowest BCUT2D eigenvalue weighted by molar-refractivity contribution is -0.120. The van der Waals surface area contributed by atoms with Crippen molar-refractivity contribution in [3.63, 3.8) is 0 Å². The van der Waals surface area contributed by atoms with E-state index in [1.54, 1.807) is 16.7 Å². The number of imide groups is 1. The SMILES string of the molecule is Cc1cccc(C(=O)N2CCC(CN3CCC(n4c(C)cc5c(N6CCC(=O)NC6=O)cccc54)C(F)(F)C3)CC2)c1. The molecule has 0 radical (unpaired) electrons. The Morgan fingerprint density at radius 1 is 0.976 bits per heavy atom. The van der Waals surface area contributed by atoms with Crippen molar-refractivity contribution in [3.8, 4) is 0 Å². The summed E-state index contributed by atoms with van der Waals surface area (Å²) >= 11 is 0. The van der Waals surface area contributed by atoms with E-state index in [9.17, 15) is 14.4 Å². The van der Waals surface area contributed by atoms with Gasteiger partial charge in [0.1, 0.15) is 6.04 Å². The van der Waals surface area contributed by atoms with E-state index >= 15 is 8.78 Å². The highest BCUT2D eigenvalue weighted by Crippen LogP contribution is 2.42. The molecule has 3 aliphatic heterocycles. The minimum atomic E-state index is -2.94. The smallest absolute Gasteiger partial charge is 0.328 e. The highest BCUT2D eigenvalue weighted by molar-refractivity contribution is 6.09. The monoisotopic (exact) mass is 577 g/mol. The molecule has 4 heterocycles. The van der Waals surface area contributed by atoms with Crippen molar-refractivity contribution in [2.75, 3.05) is 44.2 Å². The molecule has 0 aliphatic carbocycles. The van der Waals surface area contributed by atoms with Crippen molar-refractivity contribution in [2.45, 2.75) is 51.5 Å². The molecule has 0 bridgehead atoms. The van der Waals surface area contributed by atoms with E-state index in [1.165, 1.54) is 4.90 Å². The molecule has 222 valence electrons.